The number of rotatable bonds is 14. The zero-order valence-electron chi connectivity index (χ0n) is 40.0. The Hall–Kier alpha value is -7.00. The predicted octanol–water partition coefficient (Wildman–Crippen LogP) is 17.0. The lowest BCUT2D eigenvalue weighted by molar-refractivity contribution is 0.914. The maximum atomic E-state index is 5.71. The van der Waals surface area contributed by atoms with Gasteiger partial charge in [0.2, 0.25) is 0 Å². The zero-order chi connectivity index (χ0) is 47.8. The topological polar surface area (TPSA) is 52.0 Å². The van der Waals surface area contributed by atoms with Crippen LogP contribution >= 0.6 is 0 Å². The Bertz CT molecular complexity index is 2190. The standard InChI is InChI=1S/C23H25N.C13H14.C9H11N.C8H12.C7H8.C2H6/c1-4-6-22(21-13-9-18(2)10-14-21)17-19(3)7-5-8-20-11-15-23(24)16-12-20;1-3-8-12(4-2)11-13-9-6-5-7-10-13;1-2-9(10)8-6-4-3-5-7-8;1-4-6-8(3)7-5-2;1-7-5-3-2-4-6-7;1-2/h4-7,9-17H,1,8,24H2,2-3H3;3-10H,1-2,11H2;2-7,9H,1,10H2;4-7H,1H2,2-3H3;2-6H,1H3;1-2H3/b7-5-,19-17+,22-6+;12-8+;;7-5-,8-6-;;. The molecule has 0 fully saturated rings. The van der Waals surface area contributed by atoms with Crippen LogP contribution in [0.1, 0.15) is 74.0 Å². The summed E-state index contributed by atoms with van der Waals surface area (Å²) in [4.78, 5) is 0. The van der Waals surface area contributed by atoms with Gasteiger partial charge in [0.05, 0.1) is 0 Å². The maximum absolute atomic E-state index is 5.71. The van der Waals surface area contributed by atoms with Crippen molar-refractivity contribution in [2.24, 2.45) is 5.73 Å². The summed E-state index contributed by atoms with van der Waals surface area (Å²) < 4.78 is 0. The van der Waals surface area contributed by atoms with E-state index in [0.717, 1.165) is 24.1 Å². The minimum absolute atomic E-state index is 0.0267. The molecule has 0 heterocycles. The van der Waals surface area contributed by atoms with Crippen molar-refractivity contribution in [3.05, 3.63) is 302 Å². The molecule has 0 saturated heterocycles. The summed E-state index contributed by atoms with van der Waals surface area (Å²) in [5.74, 6) is 0. The average molecular weight is 849 g/mol. The first-order valence-electron chi connectivity index (χ1n) is 21.9. The van der Waals surface area contributed by atoms with Crippen LogP contribution < -0.4 is 11.5 Å². The number of nitrogen functional groups attached to an aromatic ring is 1. The van der Waals surface area contributed by atoms with Gasteiger partial charge in [-0.2, -0.15) is 0 Å². The maximum Gasteiger partial charge on any atom is 0.0478 e. The third kappa shape index (κ3) is 28.5. The van der Waals surface area contributed by atoms with Gasteiger partial charge in [-0.25, -0.2) is 0 Å². The summed E-state index contributed by atoms with van der Waals surface area (Å²) in [5, 5.41) is 0. The number of hydrogen-bond donors (Lipinski definition) is 2. The first kappa shape index (κ1) is 57.0. The summed E-state index contributed by atoms with van der Waals surface area (Å²) >= 11 is 0. The van der Waals surface area contributed by atoms with Crippen LogP contribution in [-0.2, 0) is 12.8 Å². The average Bonchev–Trinajstić information content (AvgIpc) is 3.32. The van der Waals surface area contributed by atoms with E-state index in [-0.39, 0.29) is 6.04 Å². The zero-order valence-corrected chi connectivity index (χ0v) is 40.0. The van der Waals surface area contributed by atoms with Crippen LogP contribution in [0, 0.1) is 13.8 Å². The monoisotopic (exact) mass is 849 g/mol. The molecule has 1 unspecified atom stereocenters. The molecule has 0 saturated carbocycles. The van der Waals surface area contributed by atoms with Crippen LogP contribution in [0.3, 0.4) is 0 Å². The fraction of sp³-hybridized carbons (Fsp3) is 0.161. The molecule has 0 bridgehead atoms. The van der Waals surface area contributed by atoms with Crippen molar-refractivity contribution in [3.8, 4) is 0 Å². The molecule has 0 spiro atoms. The van der Waals surface area contributed by atoms with Crippen molar-refractivity contribution >= 4 is 11.3 Å². The lowest BCUT2D eigenvalue weighted by Crippen LogP contribution is -2.05. The van der Waals surface area contributed by atoms with E-state index in [4.69, 9.17) is 11.5 Å². The second kappa shape index (κ2) is 37.7. The second-order valence-electron chi connectivity index (χ2n) is 14.3. The summed E-state index contributed by atoms with van der Waals surface area (Å²) in [6, 6.07) is 47.0. The smallest absolute Gasteiger partial charge is 0.0478 e. The van der Waals surface area contributed by atoms with Gasteiger partial charge in [0, 0.05) is 11.7 Å². The molecule has 2 heteroatoms. The molecular formula is C62H76N2. The Labute approximate surface area is 389 Å². The summed E-state index contributed by atoms with van der Waals surface area (Å²) in [6.45, 7) is 32.8. The highest BCUT2D eigenvalue weighted by Gasteiger charge is 1.99. The Morgan fingerprint density at radius 2 is 1.09 bits per heavy atom. The van der Waals surface area contributed by atoms with Gasteiger partial charge in [-0.15, -0.1) is 6.58 Å². The molecule has 5 aromatic rings. The van der Waals surface area contributed by atoms with Crippen LogP contribution in [0.2, 0.25) is 0 Å². The van der Waals surface area contributed by atoms with Crippen LogP contribution in [0.4, 0.5) is 5.69 Å². The number of hydrogen-bond acceptors (Lipinski definition) is 2. The highest BCUT2D eigenvalue weighted by atomic mass is 14.6. The molecule has 0 aromatic heterocycles. The van der Waals surface area contributed by atoms with E-state index in [1.807, 2.05) is 149 Å². The Morgan fingerprint density at radius 3 is 1.56 bits per heavy atom. The molecule has 5 aromatic carbocycles. The molecule has 1 atom stereocenters. The van der Waals surface area contributed by atoms with Gasteiger partial charge in [0.15, 0.2) is 0 Å². The van der Waals surface area contributed by atoms with Gasteiger partial charge >= 0.3 is 0 Å². The molecule has 5 rings (SSSR count). The van der Waals surface area contributed by atoms with Gasteiger partial charge < -0.3 is 11.5 Å². The number of nitrogens with two attached hydrogens (primary N) is 2. The normalized spacial score (nSPS) is 11.5. The lowest BCUT2D eigenvalue weighted by Gasteiger charge is -2.04. The molecule has 0 aliphatic carbocycles. The number of benzene rings is 5. The van der Waals surface area contributed by atoms with Crippen molar-refractivity contribution in [3.63, 3.8) is 0 Å². The van der Waals surface area contributed by atoms with Gasteiger partial charge in [-0.1, -0.05) is 269 Å². The van der Waals surface area contributed by atoms with E-state index in [9.17, 15) is 0 Å². The van der Waals surface area contributed by atoms with E-state index in [1.54, 1.807) is 18.2 Å². The first-order valence-corrected chi connectivity index (χ1v) is 21.9. The van der Waals surface area contributed by atoms with Crippen molar-refractivity contribution < 1.29 is 0 Å². The molecule has 334 valence electrons. The highest BCUT2D eigenvalue weighted by Crippen LogP contribution is 2.19. The van der Waals surface area contributed by atoms with Crippen LogP contribution in [0.15, 0.2) is 268 Å². The predicted molar refractivity (Wildman–Crippen MR) is 290 cm³/mol. The lowest BCUT2D eigenvalue weighted by atomic mass is 10.0. The molecule has 4 N–H and O–H groups in total. The molecule has 64 heavy (non-hydrogen) atoms. The van der Waals surface area contributed by atoms with E-state index in [1.165, 1.54) is 50.1 Å². The van der Waals surface area contributed by atoms with Crippen molar-refractivity contribution in [2.45, 2.75) is 67.3 Å². The molecule has 0 radical (unpaired) electrons. The van der Waals surface area contributed by atoms with Gasteiger partial charge in [0.1, 0.15) is 0 Å². The first-order chi connectivity index (χ1) is 31.0. The molecular weight excluding hydrogens is 773 g/mol. The molecule has 0 amide bonds. The van der Waals surface area contributed by atoms with E-state index in [0.29, 0.717) is 0 Å². The molecule has 0 aliphatic rings. The second-order valence-corrected chi connectivity index (χ2v) is 14.3. The van der Waals surface area contributed by atoms with Crippen molar-refractivity contribution in [1.82, 2.24) is 0 Å². The fourth-order valence-corrected chi connectivity index (χ4v) is 5.46. The van der Waals surface area contributed by atoms with Crippen molar-refractivity contribution in [1.29, 1.82) is 0 Å². The molecule has 2 nitrogen and oxygen atoms in total. The quantitative estimate of drug-likeness (QED) is 0.0664. The van der Waals surface area contributed by atoms with E-state index in [2.05, 4.69) is 133 Å². The van der Waals surface area contributed by atoms with Crippen LogP contribution in [0.5, 0.6) is 0 Å². The number of aryl methyl sites for hydroxylation is 2. The number of anilines is 1. The van der Waals surface area contributed by atoms with Crippen LogP contribution in [-0.4, -0.2) is 0 Å². The minimum atomic E-state index is -0.0267. The summed E-state index contributed by atoms with van der Waals surface area (Å²) in [7, 11) is 0. The van der Waals surface area contributed by atoms with Gasteiger partial charge in [-0.05, 0) is 93.0 Å². The van der Waals surface area contributed by atoms with Crippen molar-refractivity contribution in [2.75, 3.05) is 5.73 Å². The Balaban J connectivity index is 0.000000837. The fourth-order valence-electron chi connectivity index (χ4n) is 5.46. The SMILES string of the molecule is C=C/C=C(C)\C=C/C.C=C/C=C(\C=C)Cc1ccccc1.C=CC(N)c1ccccc1.C=C\C=C(/C=C(C)/C=C\Cc1ccc(N)cc1)c1ccc(C)cc1.CC.Cc1ccccc1. The molecule has 0 aliphatic heterocycles. The van der Waals surface area contributed by atoms with E-state index < -0.39 is 0 Å². The largest absolute Gasteiger partial charge is 0.399 e. The minimum Gasteiger partial charge on any atom is -0.399 e. The van der Waals surface area contributed by atoms with Gasteiger partial charge in [-0.3, -0.25) is 0 Å². The third-order valence-electron chi connectivity index (χ3n) is 8.81. The van der Waals surface area contributed by atoms with Crippen LogP contribution in [0.25, 0.3) is 5.57 Å². The van der Waals surface area contributed by atoms with E-state index >= 15 is 0 Å². The summed E-state index contributed by atoms with van der Waals surface area (Å²) in [6.07, 6.45) is 27.4. The van der Waals surface area contributed by atoms with Gasteiger partial charge in [0.25, 0.3) is 0 Å². The number of allylic oxidation sites excluding steroid dienone is 16. The Kier molecular flexibility index (Phi) is 33.6. The summed E-state index contributed by atoms with van der Waals surface area (Å²) in [5.41, 5.74) is 24.5. The highest BCUT2D eigenvalue weighted by molar-refractivity contribution is 5.76. The third-order valence-corrected chi connectivity index (χ3v) is 8.81. The Morgan fingerprint density at radius 1 is 0.578 bits per heavy atom.